The van der Waals surface area contributed by atoms with Gasteiger partial charge in [0, 0.05) is 18.2 Å². The van der Waals surface area contributed by atoms with Crippen molar-refractivity contribution in [3.63, 3.8) is 0 Å². The van der Waals surface area contributed by atoms with Crippen molar-refractivity contribution in [2.45, 2.75) is 44.7 Å². The van der Waals surface area contributed by atoms with E-state index in [4.69, 9.17) is 5.11 Å². The molecule has 1 aliphatic rings. The molecule has 4 N–H and O–H groups in total. The largest absolute Gasteiger partial charge is 0.508 e. The fraction of sp³-hybridized carbons (Fsp3) is 0.533. The summed E-state index contributed by atoms with van der Waals surface area (Å²) < 4.78 is 0. The molecule has 1 aromatic carbocycles. The smallest absolute Gasteiger partial charge is 0.306 e. The maximum atomic E-state index is 10.9. The number of aliphatic carboxylic acids is 1. The molecule has 0 amide bonds. The van der Waals surface area contributed by atoms with Crippen molar-refractivity contribution in [2.75, 3.05) is 0 Å². The van der Waals surface area contributed by atoms with E-state index in [0.29, 0.717) is 12.8 Å². The van der Waals surface area contributed by atoms with Crippen LogP contribution in [0.4, 0.5) is 0 Å². The van der Waals surface area contributed by atoms with Crippen LogP contribution >= 0.6 is 0 Å². The number of phenolic OH excluding ortho intramolecular Hbond substituents is 2. The third kappa shape index (κ3) is 3.63. The second-order valence-electron chi connectivity index (χ2n) is 5.56. The minimum atomic E-state index is -0.700. The topological polar surface area (TPSA) is 89.8 Å². The van der Waals surface area contributed by atoms with Gasteiger partial charge in [0.05, 0.1) is 5.92 Å². The van der Waals surface area contributed by atoms with E-state index in [1.54, 1.807) is 12.1 Å². The zero-order valence-corrected chi connectivity index (χ0v) is 11.5. The molecule has 5 heteroatoms. The van der Waals surface area contributed by atoms with Gasteiger partial charge in [-0.1, -0.05) is 0 Å². The van der Waals surface area contributed by atoms with E-state index in [9.17, 15) is 15.0 Å². The molecule has 1 fully saturated rings. The summed E-state index contributed by atoms with van der Waals surface area (Å²) in [5.41, 5.74) is 0.822. The second kappa shape index (κ2) is 6.13. The summed E-state index contributed by atoms with van der Waals surface area (Å²) in [6, 6.07) is 4.83. The molecule has 0 radical (unpaired) electrons. The molecule has 20 heavy (non-hydrogen) atoms. The quantitative estimate of drug-likeness (QED) is 0.679. The highest BCUT2D eigenvalue weighted by atomic mass is 16.4. The number of carbonyl (C=O) groups is 1. The fourth-order valence-corrected chi connectivity index (χ4v) is 2.82. The summed E-state index contributed by atoms with van der Waals surface area (Å²) in [5, 5.41) is 31.4. The molecule has 1 atom stereocenters. The van der Waals surface area contributed by atoms with E-state index in [2.05, 4.69) is 5.32 Å². The molecule has 1 aromatic rings. The van der Waals surface area contributed by atoms with E-state index < -0.39 is 5.97 Å². The van der Waals surface area contributed by atoms with Crippen LogP contribution in [-0.2, 0) is 4.79 Å². The standard InChI is InChI=1S/C15H21NO4/c1-9(11-6-13(17)8-14(18)7-11)16-12-4-2-10(3-5-12)15(19)20/h6-10,12,16-18H,2-5H2,1H3,(H,19,20). The minimum absolute atomic E-state index is 0.000576. The lowest BCUT2D eigenvalue weighted by Crippen LogP contribution is -2.36. The van der Waals surface area contributed by atoms with E-state index in [0.717, 1.165) is 18.4 Å². The molecule has 1 aliphatic carbocycles. The van der Waals surface area contributed by atoms with Gasteiger partial charge in [-0.3, -0.25) is 4.79 Å². The Morgan fingerprint density at radius 3 is 2.20 bits per heavy atom. The molecule has 0 saturated heterocycles. The van der Waals surface area contributed by atoms with Crippen LogP contribution in [0, 0.1) is 5.92 Å². The summed E-state index contributed by atoms with van der Waals surface area (Å²) in [4.78, 5) is 10.9. The first-order chi connectivity index (χ1) is 9.45. The van der Waals surface area contributed by atoms with Crippen LogP contribution in [0.25, 0.3) is 0 Å². The van der Waals surface area contributed by atoms with Gasteiger partial charge < -0.3 is 20.6 Å². The molecule has 5 nitrogen and oxygen atoms in total. The number of hydrogen-bond donors (Lipinski definition) is 4. The molecule has 1 saturated carbocycles. The molecule has 0 bridgehead atoms. The molecule has 0 heterocycles. The fourth-order valence-electron chi connectivity index (χ4n) is 2.82. The van der Waals surface area contributed by atoms with Gasteiger partial charge in [0.25, 0.3) is 0 Å². The van der Waals surface area contributed by atoms with Crippen LogP contribution in [0.2, 0.25) is 0 Å². The predicted octanol–water partition coefficient (Wildman–Crippen LogP) is 2.39. The van der Waals surface area contributed by atoms with Crippen LogP contribution in [0.1, 0.15) is 44.2 Å². The van der Waals surface area contributed by atoms with Gasteiger partial charge in [0.15, 0.2) is 0 Å². The molecule has 1 unspecified atom stereocenters. The van der Waals surface area contributed by atoms with Gasteiger partial charge in [-0.15, -0.1) is 0 Å². The number of phenols is 2. The lowest BCUT2D eigenvalue weighted by Gasteiger charge is -2.29. The second-order valence-corrected chi connectivity index (χ2v) is 5.56. The van der Waals surface area contributed by atoms with Crippen molar-refractivity contribution in [1.29, 1.82) is 0 Å². The van der Waals surface area contributed by atoms with Crippen molar-refractivity contribution >= 4 is 5.97 Å². The van der Waals surface area contributed by atoms with Gasteiger partial charge >= 0.3 is 5.97 Å². The van der Waals surface area contributed by atoms with Crippen LogP contribution in [0.15, 0.2) is 18.2 Å². The monoisotopic (exact) mass is 279 g/mol. The SMILES string of the molecule is CC(NC1CCC(C(=O)O)CC1)c1cc(O)cc(O)c1. The Balaban J connectivity index is 1.92. The Kier molecular flexibility index (Phi) is 4.49. The highest BCUT2D eigenvalue weighted by molar-refractivity contribution is 5.70. The third-order valence-corrected chi connectivity index (χ3v) is 3.99. The minimum Gasteiger partial charge on any atom is -0.508 e. The highest BCUT2D eigenvalue weighted by Gasteiger charge is 2.26. The van der Waals surface area contributed by atoms with E-state index >= 15 is 0 Å². The first-order valence-corrected chi connectivity index (χ1v) is 6.97. The maximum absolute atomic E-state index is 10.9. The van der Waals surface area contributed by atoms with E-state index in [-0.39, 0.29) is 29.5 Å². The van der Waals surface area contributed by atoms with E-state index in [1.807, 2.05) is 6.92 Å². The molecule has 110 valence electrons. The van der Waals surface area contributed by atoms with Crippen molar-refractivity contribution in [2.24, 2.45) is 5.92 Å². The van der Waals surface area contributed by atoms with Crippen molar-refractivity contribution < 1.29 is 20.1 Å². The van der Waals surface area contributed by atoms with Gasteiger partial charge in [-0.05, 0) is 50.3 Å². The maximum Gasteiger partial charge on any atom is 0.306 e. The molecular weight excluding hydrogens is 258 g/mol. The summed E-state index contributed by atoms with van der Waals surface area (Å²) in [5.74, 6) is -0.825. The van der Waals surface area contributed by atoms with E-state index in [1.165, 1.54) is 6.07 Å². The predicted molar refractivity (Wildman–Crippen MR) is 74.7 cm³/mol. The highest BCUT2D eigenvalue weighted by Crippen LogP contribution is 2.28. The normalized spacial score (nSPS) is 24.2. The van der Waals surface area contributed by atoms with Gasteiger partial charge in [0.1, 0.15) is 11.5 Å². The summed E-state index contributed by atoms with van der Waals surface area (Å²) in [6.07, 6.45) is 3.08. The number of rotatable bonds is 4. The Bertz CT molecular complexity index is 461. The summed E-state index contributed by atoms with van der Waals surface area (Å²) in [7, 11) is 0. The molecular formula is C15H21NO4. The number of nitrogens with one attached hydrogen (secondary N) is 1. The number of carboxylic acid groups (broad SMARTS) is 1. The van der Waals surface area contributed by atoms with Gasteiger partial charge in [0.2, 0.25) is 0 Å². The molecule has 0 aromatic heterocycles. The molecule has 2 rings (SSSR count). The lowest BCUT2D eigenvalue weighted by atomic mass is 9.85. The number of aromatic hydroxyl groups is 2. The first kappa shape index (κ1) is 14.7. The van der Waals surface area contributed by atoms with Crippen LogP contribution in [0.3, 0.4) is 0 Å². The van der Waals surface area contributed by atoms with Gasteiger partial charge in [-0.25, -0.2) is 0 Å². The average molecular weight is 279 g/mol. The van der Waals surface area contributed by atoms with Crippen LogP contribution in [-0.4, -0.2) is 27.3 Å². The Hall–Kier alpha value is -1.75. The van der Waals surface area contributed by atoms with Crippen molar-refractivity contribution in [3.05, 3.63) is 23.8 Å². The van der Waals surface area contributed by atoms with Crippen molar-refractivity contribution in [1.82, 2.24) is 5.32 Å². The van der Waals surface area contributed by atoms with Crippen LogP contribution in [0.5, 0.6) is 11.5 Å². The molecule has 0 aliphatic heterocycles. The molecule has 0 spiro atoms. The number of hydrogen-bond acceptors (Lipinski definition) is 4. The Morgan fingerprint density at radius 1 is 1.15 bits per heavy atom. The number of benzene rings is 1. The summed E-state index contributed by atoms with van der Waals surface area (Å²) >= 11 is 0. The zero-order chi connectivity index (χ0) is 14.7. The Morgan fingerprint density at radius 2 is 1.70 bits per heavy atom. The number of carboxylic acids is 1. The Labute approximate surface area is 118 Å². The van der Waals surface area contributed by atoms with Crippen molar-refractivity contribution in [3.8, 4) is 11.5 Å². The first-order valence-electron chi connectivity index (χ1n) is 6.97. The van der Waals surface area contributed by atoms with Crippen LogP contribution < -0.4 is 5.32 Å². The summed E-state index contributed by atoms with van der Waals surface area (Å²) in [6.45, 7) is 1.97. The average Bonchev–Trinajstić information content (AvgIpc) is 2.38. The van der Waals surface area contributed by atoms with Gasteiger partial charge in [-0.2, -0.15) is 0 Å². The third-order valence-electron chi connectivity index (χ3n) is 3.99. The lowest BCUT2D eigenvalue weighted by molar-refractivity contribution is -0.142. The zero-order valence-electron chi connectivity index (χ0n) is 11.5.